The fourth-order valence-electron chi connectivity index (χ4n) is 1.09. The van der Waals surface area contributed by atoms with Crippen LogP contribution in [0.25, 0.3) is 0 Å². The van der Waals surface area contributed by atoms with Gasteiger partial charge in [-0.25, -0.2) is 4.79 Å². The maximum absolute atomic E-state index is 13.3. The molecule has 0 radical (unpaired) electrons. The number of methoxy groups -OCH3 is 1. The Morgan fingerprint density at radius 2 is 2.07 bits per heavy atom. The Morgan fingerprint density at radius 3 is 2.57 bits per heavy atom. The third kappa shape index (κ3) is 1.89. The van der Waals surface area contributed by atoms with Gasteiger partial charge in [0.2, 0.25) is 0 Å². The molecule has 1 aromatic carbocycles. The number of ether oxygens (including phenoxy) is 1. The molecule has 0 aliphatic carbocycles. The molecule has 0 bridgehead atoms. The van der Waals surface area contributed by atoms with Gasteiger partial charge in [-0.2, -0.15) is 8.78 Å². The average Bonchev–Trinajstić information content (AvgIpc) is 2.16. The van der Waals surface area contributed by atoms with Gasteiger partial charge in [0.25, 0.3) is 0 Å². The number of carbonyl (C=O) groups excluding carboxylic acids is 1. The molecule has 0 aromatic heterocycles. The molecule has 0 atom stereocenters. The summed E-state index contributed by atoms with van der Waals surface area (Å²) < 4.78 is 30.5. The number of hydrogen-bond acceptors (Lipinski definition) is 2. The standard InChI is InChI=1S/C10H10F2O2/c1-7-4-3-5-8(6-7)10(11,12)9(13)14-2/h3-6H,1-2H3. The van der Waals surface area contributed by atoms with E-state index in [2.05, 4.69) is 4.74 Å². The van der Waals surface area contributed by atoms with Crippen molar-refractivity contribution in [1.82, 2.24) is 0 Å². The van der Waals surface area contributed by atoms with Crippen LogP contribution in [-0.4, -0.2) is 13.1 Å². The SMILES string of the molecule is COC(=O)C(F)(F)c1cccc(C)c1. The van der Waals surface area contributed by atoms with E-state index in [1.54, 1.807) is 13.0 Å². The summed E-state index contributed by atoms with van der Waals surface area (Å²) in [4.78, 5) is 10.8. The van der Waals surface area contributed by atoms with Crippen LogP contribution in [0.15, 0.2) is 24.3 Å². The first-order valence-electron chi connectivity index (χ1n) is 4.02. The Kier molecular flexibility index (Phi) is 2.84. The normalized spacial score (nSPS) is 11.1. The Hall–Kier alpha value is -1.45. The lowest BCUT2D eigenvalue weighted by atomic mass is 10.1. The number of alkyl halides is 2. The predicted molar refractivity (Wildman–Crippen MR) is 47.1 cm³/mol. The monoisotopic (exact) mass is 200 g/mol. The molecular formula is C10H10F2O2. The van der Waals surface area contributed by atoms with Crippen LogP contribution < -0.4 is 0 Å². The Balaban J connectivity index is 3.09. The van der Waals surface area contributed by atoms with Crippen LogP contribution in [0.5, 0.6) is 0 Å². The summed E-state index contributed by atoms with van der Waals surface area (Å²) in [5.41, 5.74) is 0.329. The molecule has 0 aliphatic heterocycles. The van der Waals surface area contributed by atoms with Crippen LogP contribution in [-0.2, 0) is 15.5 Å². The second-order valence-electron chi connectivity index (χ2n) is 2.94. The zero-order valence-electron chi connectivity index (χ0n) is 7.88. The first-order valence-corrected chi connectivity index (χ1v) is 4.02. The Bertz CT molecular complexity index is 348. The maximum Gasteiger partial charge on any atom is 0.381 e. The molecule has 14 heavy (non-hydrogen) atoms. The van der Waals surface area contributed by atoms with Crippen molar-refractivity contribution in [2.75, 3.05) is 7.11 Å². The molecule has 0 N–H and O–H groups in total. The molecule has 0 amide bonds. The largest absolute Gasteiger partial charge is 0.464 e. The van der Waals surface area contributed by atoms with Crippen molar-refractivity contribution in [2.45, 2.75) is 12.8 Å². The van der Waals surface area contributed by atoms with Gasteiger partial charge in [0, 0.05) is 5.56 Å². The lowest BCUT2D eigenvalue weighted by Crippen LogP contribution is -2.27. The minimum absolute atomic E-state index is 0.343. The molecule has 0 spiro atoms. The third-order valence-electron chi connectivity index (χ3n) is 1.82. The van der Waals surface area contributed by atoms with E-state index in [1.165, 1.54) is 18.2 Å². The summed E-state index contributed by atoms with van der Waals surface area (Å²) >= 11 is 0. The van der Waals surface area contributed by atoms with E-state index in [0.29, 0.717) is 5.56 Å². The number of benzene rings is 1. The van der Waals surface area contributed by atoms with E-state index in [9.17, 15) is 13.6 Å². The lowest BCUT2D eigenvalue weighted by Gasteiger charge is -2.13. The zero-order chi connectivity index (χ0) is 10.8. The quantitative estimate of drug-likeness (QED) is 0.684. The Labute approximate surface area is 80.5 Å². The average molecular weight is 200 g/mol. The zero-order valence-corrected chi connectivity index (χ0v) is 7.88. The number of carbonyl (C=O) groups is 1. The summed E-state index contributed by atoms with van der Waals surface area (Å²) in [5.74, 6) is -5.11. The van der Waals surface area contributed by atoms with Gasteiger partial charge in [0.1, 0.15) is 0 Å². The van der Waals surface area contributed by atoms with Gasteiger partial charge in [0.05, 0.1) is 7.11 Å². The summed E-state index contributed by atoms with van der Waals surface area (Å²) in [5, 5.41) is 0. The molecule has 76 valence electrons. The van der Waals surface area contributed by atoms with Crippen molar-refractivity contribution in [3.63, 3.8) is 0 Å². The van der Waals surface area contributed by atoms with Crippen molar-refractivity contribution in [3.8, 4) is 0 Å². The molecule has 1 aromatic rings. The van der Waals surface area contributed by atoms with Crippen LogP contribution >= 0.6 is 0 Å². The van der Waals surface area contributed by atoms with Gasteiger partial charge >= 0.3 is 11.9 Å². The fraction of sp³-hybridized carbons (Fsp3) is 0.300. The topological polar surface area (TPSA) is 26.3 Å². The van der Waals surface area contributed by atoms with Crippen molar-refractivity contribution in [2.24, 2.45) is 0 Å². The van der Waals surface area contributed by atoms with E-state index in [1.807, 2.05) is 0 Å². The minimum Gasteiger partial charge on any atom is -0.464 e. The first-order chi connectivity index (χ1) is 6.48. The van der Waals surface area contributed by atoms with Crippen LogP contribution in [0.1, 0.15) is 11.1 Å². The highest BCUT2D eigenvalue weighted by molar-refractivity contribution is 5.79. The van der Waals surface area contributed by atoms with E-state index in [4.69, 9.17) is 0 Å². The van der Waals surface area contributed by atoms with Crippen molar-refractivity contribution in [1.29, 1.82) is 0 Å². The highest BCUT2D eigenvalue weighted by Gasteiger charge is 2.42. The Morgan fingerprint density at radius 1 is 1.43 bits per heavy atom. The van der Waals surface area contributed by atoms with Crippen molar-refractivity contribution in [3.05, 3.63) is 35.4 Å². The second kappa shape index (κ2) is 3.74. The molecule has 2 nitrogen and oxygen atoms in total. The van der Waals surface area contributed by atoms with Crippen molar-refractivity contribution < 1.29 is 18.3 Å². The fourth-order valence-corrected chi connectivity index (χ4v) is 1.09. The highest BCUT2D eigenvalue weighted by atomic mass is 19.3. The molecule has 0 aliphatic rings. The van der Waals surface area contributed by atoms with Gasteiger partial charge < -0.3 is 4.74 Å². The van der Waals surface area contributed by atoms with E-state index in [-0.39, 0.29) is 5.56 Å². The summed E-state index contributed by atoms with van der Waals surface area (Å²) in [7, 11) is 0.937. The van der Waals surface area contributed by atoms with Crippen molar-refractivity contribution >= 4 is 5.97 Å². The van der Waals surface area contributed by atoms with Gasteiger partial charge in [-0.15, -0.1) is 0 Å². The molecule has 0 fully saturated rings. The predicted octanol–water partition coefficient (Wildman–Crippen LogP) is 2.26. The van der Waals surface area contributed by atoms with Crippen LogP contribution in [0.2, 0.25) is 0 Å². The summed E-state index contributed by atoms with van der Waals surface area (Å²) in [6.07, 6.45) is 0. The van der Waals surface area contributed by atoms with E-state index in [0.717, 1.165) is 7.11 Å². The molecule has 1 rings (SSSR count). The van der Waals surface area contributed by atoms with Gasteiger partial charge in [-0.3, -0.25) is 0 Å². The second-order valence-corrected chi connectivity index (χ2v) is 2.94. The lowest BCUT2D eigenvalue weighted by molar-refractivity contribution is -0.170. The van der Waals surface area contributed by atoms with E-state index < -0.39 is 11.9 Å². The molecule has 0 unspecified atom stereocenters. The number of aryl methyl sites for hydroxylation is 1. The molecular weight excluding hydrogens is 190 g/mol. The summed E-state index contributed by atoms with van der Waals surface area (Å²) in [6, 6.07) is 5.61. The smallest absolute Gasteiger partial charge is 0.381 e. The van der Waals surface area contributed by atoms with Crippen LogP contribution in [0.4, 0.5) is 8.78 Å². The first kappa shape index (κ1) is 10.6. The molecule has 0 saturated carbocycles. The number of rotatable bonds is 2. The maximum atomic E-state index is 13.3. The minimum atomic E-state index is -3.57. The molecule has 4 heteroatoms. The van der Waals surface area contributed by atoms with Crippen LogP contribution in [0, 0.1) is 6.92 Å². The highest BCUT2D eigenvalue weighted by Crippen LogP contribution is 2.29. The molecule has 0 saturated heterocycles. The van der Waals surface area contributed by atoms with Gasteiger partial charge in [0.15, 0.2) is 0 Å². The van der Waals surface area contributed by atoms with Gasteiger partial charge in [-0.1, -0.05) is 23.8 Å². The number of hydrogen-bond donors (Lipinski definition) is 0. The number of esters is 1. The summed E-state index contributed by atoms with van der Waals surface area (Å²) in [6.45, 7) is 1.68. The van der Waals surface area contributed by atoms with Crippen LogP contribution in [0.3, 0.4) is 0 Å². The van der Waals surface area contributed by atoms with Gasteiger partial charge in [-0.05, 0) is 13.0 Å². The molecule has 0 heterocycles. The third-order valence-corrected chi connectivity index (χ3v) is 1.82. The number of halogens is 2. The van der Waals surface area contributed by atoms with E-state index >= 15 is 0 Å².